The van der Waals surface area contributed by atoms with Crippen LogP contribution in [-0.2, 0) is 4.79 Å². The predicted octanol–water partition coefficient (Wildman–Crippen LogP) is 11.8. The zero-order valence-corrected chi connectivity index (χ0v) is 31.6. The van der Waals surface area contributed by atoms with Crippen LogP contribution in [0.5, 0.6) is 0 Å². The minimum atomic E-state index is -0.981. The standard InChI is InChI=1S/C3H4O2.2C3H6.2C2H6O2.14C2H4/c1-2-3(4)5;2*1-3-2;2*3-1-2-4;14*1-2/h2H,1H2,(H,4,5);2*3H,1H2,2H3;2*3-4H,1-2H2;14*1-2H2. The lowest BCUT2D eigenvalue weighted by molar-refractivity contribution is -0.131. The molecule has 0 aliphatic rings. The summed E-state index contributed by atoms with van der Waals surface area (Å²) in [4.78, 5) is 9.25. The lowest BCUT2D eigenvalue weighted by Gasteiger charge is -1.70. The van der Waals surface area contributed by atoms with Crippen molar-refractivity contribution < 1.29 is 30.3 Å². The second-order valence-electron chi connectivity index (χ2n) is 2.25. The van der Waals surface area contributed by atoms with Crippen LogP contribution in [0.4, 0.5) is 0 Å². The van der Waals surface area contributed by atoms with E-state index in [0.29, 0.717) is 0 Å². The van der Waals surface area contributed by atoms with Crippen molar-refractivity contribution >= 4 is 5.97 Å². The van der Waals surface area contributed by atoms with Crippen molar-refractivity contribution in [1.82, 2.24) is 0 Å². The highest BCUT2D eigenvalue weighted by Gasteiger charge is 1.73. The first-order chi connectivity index (χ1) is 22.9. The third-order valence-electron chi connectivity index (χ3n) is 0.375. The van der Waals surface area contributed by atoms with Crippen LogP contribution in [-0.4, -0.2) is 57.9 Å². The summed E-state index contributed by atoms with van der Waals surface area (Å²) in [6, 6.07) is 0. The molecule has 0 atom stereocenters. The monoisotopic (exact) mass is 673 g/mol. The van der Waals surface area contributed by atoms with Crippen molar-refractivity contribution in [2.75, 3.05) is 26.4 Å². The molecule has 0 saturated carbocycles. The molecule has 0 rings (SSSR count). The highest BCUT2D eigenvalue weighted by molar-refractivity contribution is 5.78. The van der Waals surface area contributed by atoms with Gasteiger partial charge in [0.2, 0.25) is 0 Å². The van der Waals surface area contributed by atoms with Gasteiger partial charge >= 0.3 is 5.97 Å². The third kappa shape index (κ3) is 50200. The van der Waals surface area contributed by atoms with Crippen molar-refractivity contribution in [3.8, 4) is 0 Å². The number of carboxylic acids is 1. The lowest BCUT2D eigenvalue weighted by Crippen LogP contribution is -1.85. The van der Waals surface area contributed by atoms with Crippen LogP contribution in [0.1, 0.15) is 13.8 Å². The summed E-state index contributed by atoms with van der Waals surface area (Å²) in [5.74, 6) is -0.981. The Labute approximate surface area is 298 Å². The summed E-state index contributed by atoms with van der Waals surface area (Å²) >= 11 is 0. The average Bonchev–Trinajstić information content (AvgIpc) is 3.23. The fraction of sp³-hybridized carbons (Fsp3) is 0.146. The van der Waals surface area contributed by atoms with Crippen molar-refractivity contribution in [2.45, 2.75) is 13.8 Å². The third-order valence-corrected chi connectivity index (χ3v) is 0.375. The maximum atomic E-state index is 9.25. The maximum absolute atomic E-state index is 9.25. The number of rotatable bonds is 3. The summed E-state index contributed by atoms with van der Waals surface area (Å²) in [6.45, 7) is 97.0. The second-order valence-corrected chi connectivity index (χ2v) is 2.25. The fourth-order valence-corrected chi connectivity index (χ4v) is 0. The molecule has 0 bridgehead atoms. The van der Waals surface area contributed by atoms with E-state index in [-0.39, 0.29) is 26.4 Å². The van der Waals surface area contributed by atoms with E-state index in [2.05, 4.69) is 204 Å². The van der Waals surface area contributed by atoms with Gasteiger partial charge in [-0.15, -0.1) is 197 Å². The molecule has 0 aliphatic carbocycles. The van der Waals surface area contributed by atoms with E-state index in [0.717, 1.165) is 6.08 Å². The fourth-order valence-electron chi connectivity index (χ4n) is 0. The first kappa shape index (κ1) is 134. The summed E-state index contributed by atoms with van der Waals surface area (Å²) in [5, 5.41) is 38.1. The van der Waals surface area contributed by atoms with E-state index < -0.39 is 5.97 Å². The van der Waals surface area contributed by atoms with E-state index in [9.17, 15) is 4.79 Å². The lowest BCUT2D eigenvalue weighted by atomic mass is 10.7. The Morgan fingerprint density at radius 3 is 0.404 bits per heavy atom. The highest BCUT2D eigenvalue weighted by Crippen LogP contribution is 1.54. The minimum absolute atomic E-state index is 0.125. The van der Waals surface area contributed by atoms with Crippen LogP contribution in [0.2, 0.25) is 0 Å². The molecule has 6 heteroatoms. The van der Waals surface area contributed by atoms with Gasteiger partial charge in [-0.3, -0.25) is 0 Å². The Balaban J connectivity index is -0.0000000105. The smallest absolute Gasteiger partial charge is 0.327 e. The van der Waals surface area contributed by atoms with Crippen molar-refractivity contribution in [3.63, 3.8) is 0 Å². The molecular weight excluding hydrogens is 588 g/mol. The molecule has 6 nitrogen and oxygen atoms in total. The molecule has 0 amide bonds. The van der Waals surface area contributed by atoms with E-state index in [1.54, 1.807) is 12.2 Å². The Hall–Kier alpha value is -5.11. The van der Waals surface area contributed by atoms with Crippen molar-refractivity contribution in [2.24, 2.45) is 0 Å². The molecule has 284 valence electrons. The van der Waals surface area contributed by atoms with Gasteiger partial charge in [-0.25, -0.2) is 4.79 Å². The first-order valence-electron chi connectivity index (χ1n) is 12.4. The summed E-state index contributed by atoms with van der Waals surface area (Å²) in [5.41, 5.74) is 0. The van der Waals surface area contributed by atoms with Gasteiger partial charge in [-0.1, -0.05) is 18.7 Å². The second kappa shape index (κ2) is 2720. The van der Waals surface area contributed by atoms with Crippen molar-refractivity contribution in [1.29, 1.82) is 0 Å². The SMILES string of the molecule is C=C.C=C.C=C.C=C.C=C.C=C.C=C.C=C.C=C.C=C.C=C.C=C.C=C.C=C.C=CC.C=CC.C=CC(=O)O.OCCO.OCCO. The van der Waals surface area contributed by atoms with Crippen LogP contribution >= 0.6 is 0 Å². The molecule has 0 aromatic rings. The predicted molar refractivity (Wildman–Crippen MR) is 235 cm³/mol. The van der Waals surface area contributed by atoms with Gasteiger partial charge in [0, 0.05) is 6.08 Å². The Morgan fingerprint density at radius 1 is 0.362 bits per heavy atom. The molecule has 0 aliphatic heterocycles. The zero-order chi connectivity index (χ0) is 44.5. The Morgan fingerprint density at radius 2 is 0.404 bits per heavy atom. The maximum Gasteiger partial charge on any atom is 0.327 e. The number of allylic oxidation sites excluding steroid dienone is 2. The van der Waals surface area contributed by atoms with E-state index in [1.807, 2.05) is 13.8 Å². The average molecular weight is 673 g/mol. The molecular formula is C41H84O6. The number of carbonyl (C=O) groups is 1. The molecule has 47 heavy (non-hydrogen) atoms. The first-order valence-corrected chi connectivity index (χ1v) is 12.4. The van der Waals surface area contributed by atoms with E-state index in [1.165, 1.54) is 0 Å². The van der Waals surface area contributed by atoms with E-state index >= 15 is 0 Å². The molecule has 0 fully saturated rings. The van der Waals surface area contributed by atoms with Crippen LogP contribution < -0.4 is 0 Å². The zero-order valence-electron chi connectivity index (χ0n) is 31.6. The van der Waals surface area contributed by atoms with Gasteiger partial charge in [-0.2, -0.15) is 0 Å². The number of aliphatic carboxylic acids is 1. The highest BCUT2D eigenvalue weighted by atomic mass is 16.4. The molecule has 0 aromatic carbocycles. The quantitative estimate of drug-likeness (QED) is 0.150. The minimum Gasteiger partial charge on any atom is -0.478 e. The van der Waals surface area contributed by atoms with Crippen molar-refractivity contribution in [3.05, 3.63) is 222 Å². The number of hydrogen-bond acceptors (Lipinski definition) is 5. The molecule has 0 aromatic heterocycles. The van der Waals surface area contributed by atoms with Crippen LogP contribution in [0.25, 0.3) is 0 Å². The normalized spacial score (nSPS) is 3.70. The topological polar surface area (TPSA) is 118 Å². The summed E-state index contributed by atoms with van der Waals surface area (Å²) in [7, 11) is 0. The summed E-state index contributed by atoms with van der Waals surface area (Å²) < 4.78 is 0. The number of hydrogen-bond donors (Lipinski definition) is 5. The van der Waals surface area contributed by atoms with Crippen LogP contribution in [0.15, 0.2) is 222 Å². The largest absolute Gasteiger partial charge is 0.478 e. The van der Waals surface area contributed by atoms with E-state index in [4.69, 9.17) is 25.5 Å². The van der Waals surface area contributed by atoms with Gasteiger partial charge in [0.15, 0.2) is 0 Å². The molecule has 0 unspecified atom stereocenters. The summed E-state index contributed by atoms with van der Waals surface area (Å²) in [6.07, 6.45) is 4.33. The number of aliphatic hydroxyl groups is 4. The van der Waals surface area contributed by atoms with Gasteiger partial charge in [0.25, 0.3) is 0 Å². The molecule has 0 heterocycles. The Bertz CT molecular complexity index is 282. The van der Waals surface area contributed by atoms with Crippen LogP contribution in [0, 0.1) is 0 Å². The molecule has 0 spiro atoms. The number of carboxylic acid groups (broad SMARTS) is 1. The van der Waals surface area contributed by atoms with Crippen LogP contribution in [0.3, 0.4) is 0 Å². The molecule has 0 radical (unpaired) electrons. The van der Waals surface area contributed by atoms with Gasteiger partial charge < -0.3 is 25.5 Å². The molecule has 0 saturated heterocycles. The van der Waals surface area contributed by atoms with Gasteiger partial charge in [0.1, 0.15) is 0 Å². The van der Waals surface area contributed by atoms with Gasteiger partial charge in [0.05, 0.1) is 26.4 Å². The Kier molecular flexibility index (Phi) is 7740. The number of aliphatic hydroxyl groups excluding tert-OH is 4. The molecule has 5 N–H and O–H groups in total. The van der Waals surface area contributed by atoms with Gasteiger partial charge in [-0.05, 0) is 13.8 Å².